The van der Waals surface area contributed by atoms with Gasteiger partial charge in [-0.05, 0) is 38.0 Å². The number of hydrogen-bond acceptors (Lipinski definition) is 9. The minimum absolute atomic E-state index is 0.0892. The van der Waals surface area contributed by atoms with Crippen LogP contribution in [0, 0.1) is 0 Å². The minimum Gasteiger partial charge on any atom is -0.494 e. The molecular formula is C23H23ClN6O5S. The summed E-state index contributed by atoms with van der Waals surface area (Å²) >= 11 is 6.34. The number of nitrogens with zero attached hydrogens (tertiary/aromatic N) is 5. The van der Waals surface area contributed by atoms with Crippen LogP contribution in [0.3, 0.4) is 0 Å². The van der Waals surface area contributed by atoms with Crippen molar-refractivity contribution in [2.75, 3.05) is 25.5 Å². The van der Waals surface area contributed by atoms with Crippen LogP contribution in [-0.2, 0) is 10.0 Å². The van der Waals surface area contributed by atoms with Crippen molar-refractivity contribution in [1.29, 1.82) is 0 Å². The topological polar surface area (TPSA) is 130 Å². The Kier molecular flexibility index (Phi) is 6.31. The van der Waals surface area contributed by atoms with Crippen LogP contribution in [0.1, 0.15) is 19.8 Å². The lowest BCUT2D eigenvalue weighted by Crippen LogP contribution is -2.19. The number of fused-ring (bicyclic) bond motifs is 1. The van der Waals surface area contributed by atoms with Crippen molar-refractivity contribution >= 4 is 38.7 Å². The van der Waals surface area contributed by atoms with Crippen LogP contribution in [-0.4, -0.2) is 59.0 Å². The molecule has 1 aliphatic rings. The summed E-state index contributed by atoms with van der Waals surface area (Å²) in [6.45, 7) is 2.31. The third kappa shape index (κ3) is 4.37. The summed E-state index contributed by atoms with van der Waals surface area (Å²) in [4.78, 5) is 18.1. The lowest BCUT2D eigenvalue weighted by molar-refractivity contribution is 0.327. The SMILES string of the molecule is CCOc1cccc(-c2nc3nc(Cl)c(NS(=O)(=O)C4CC4)nc3n2-c2c(OC)cccc2OC)n1. The van der Waals surface area contributed by atoms with E-state index in [0.29, 0.717) is 54.0 Å². The number of hydrogen-bond donors (Lipinski definition) is 1. The van der Waals surface area contributed by atoms with Gasteiger partial charge in [-0.1, -0.05) is 23.7 Å². The summed E-state index contributed by atoms with van der Waals surface area (Å²) < 4.78 is 46.2. The summed E-state index contributed by atoms with van der Waals surface area (Å²) in [7, 11) is -0.576. The molecule has 0 radical (unpaired) electrons. The number of sulfonamides is 1. The molecule has 1 N–H and O–H groups in total. The molecule has 11 nitrogen and oxygen atoms in total. The van der Waals surface area contributed by atoms with E-state index >= 15 is 0 Å². The predicted octanol–water partition coefficient (Wildman–Crippen LogP) is 3.85. The quantitative estimate of drug-likeness (QED) is 0.343. The fourth-order valence-corrected chi connectivity index (χ4v) is 5.30. The molecule has 3 heterocycles. The van der Waals surface area contributed by atoms with Gasteiger partial charge < -0.3 is 14.2 Å². The number of para-hydroxylation sites is 1. The van der Waals surface area contributed by atoms with Gasteiger partial charge in [0.1, 0.15) is 22.9 Å². The summed E-state index contributed by atoms with van der Waals surface area (Å²) in [6.07, 6.45) is 1.18. The van der Waals surface area contributed by atoms with Crippen LogP contribution in [0.25, 0.3) is 28.5 Å². The molecule has 0 saturated heterocycles. The molecule has 5 rings (SSSR count). The number of imidazole rings is 1. The van der Waals surface area contributed by atoms with Crippen molar-refractivity contribution in [1.82, 2.24) is 24.5 Å². The Morgan fingerprint density at radius 2 is 1.72 bits per heavy atom. The monoisotopic (exact) mass is 530 g/mol. The number of pyridine rings is 1. The Labute approximate surface area is 212 Å². The van der Waals surface area contributed by atoms with E-state index in [4.69, 9.17) is 25.8 Å². The van der Waals surface area contributed by atoms with Crippen molar-refractivity contribution in [3.63, 3.8) is 0 Å². The third-order valence-corrected chi connectivity index (χ3v) is 7.62. The molecule has 13 heteroatoms. The second-order valence-corrected chi connectivity index (χ2v) is 10.3. The van der Waals surface area contributed by atoms with E-state index in [1.807, 2.05) is 6.92 Å². The molecule has 3 aromatic heterocycles. The molecule has 188 valence electrons. The number of ether oxygens (including phenoxy) is 3. The molecule has 1 fully saturated rings. The molecule has 0 aliphatic heterocycles. The third-order valence-electron chi connectivity index (χ3n) is 5.53. The largest absolute Gasteiger partial charge is 0.494 e. The zero-order valence-electron chi connectivity index (χ0n) is 19.7. The molecule has 4 aromatic rings. The summed E-state index contributed by atoms with van der Waals surface area (Å²) in [5.41, 5.74) is 1.36. The molecule has 0 spiro atoms. The van der Waals surface area contributed by atoms with Crippen LogP contribution in [0.4, 0.5) is 5.82 Å². The van der Waals surface area contributed by atoms with Gasteiger partial charge in [0.15, 0.2) is 28.1 Å². The second kappa shape index (κ2) is 9.43. The smallest absolute Gasteiger partial charge is 0.236 e. The average Bonchev–Trinajstić information content (AvgIpc) is 3.67. The van der Waals surface area contributed by atoms with E-state index in [0.717, 1.165) is 0 Å². The summed E-state index contributed by atoms with van der Waals surface area (Å²) in [6, 6.07) is 10.6. The van der Waals surface area contributed by atoms with Gasteiger partial charge in [-0.25, -0.2) is 28.4 Å². The molecule has 0 bridgehead atoms. The first-order chi connectivity index (χ1) is 17.4. The van der Waals surface area contributed by atoms with Gasteiger partial charge in [0.2, 0.25) is 15.9 Å². The predicted molar refractivity (Wildman–Crippen MR) is 135 cm³/mol. The van der Waals surface area contributed by atoms with Crippen molar-refractivity contribution in [2.45, 2.75) is 25.0 Å². The highest BCUT2D eigenvalue weighted by molar-refractivity contribution is 7.93. The van der Waals surface area contributed by atoms with Crippen molar-refractivity contribution in [2.24, 2.45) is 0 Å². The zero-order chi connectivity index (χ0) is 25.4. The van der Waals surface area contributed by atoms with Crippen molar-refractivity contribution < 1.29 is 22.6 Å². The van der Waals surface area contributed by atoms with E-state index in [-0.39, 0.29) is 22.3 Å². The standard InChI is InChI=1S/C23H23ClN6O5S/c1-4-35-17-10-5-7-14(25-17)22-28-21-23(30(22)18-15(33-2)8-6-9-16(18)34-3)27-20(19(24)26-21)29-36(31,32)13-11-12-13/h5-10,13H,4,11-12H2,1-3H3,(H,27,29). The molecular weight excluding hydrogens is 508 g/mol. The highest BCUT2D eigenvalue weighted by Gasteiger charge is 2.37. The molecule has 1 aliphatic carbocycles. The minimum atomic E-state index is -3.64. The lowest BCUT2D eigenvalue weighted by Gasteiger charge is -2.16. The number of benzene rings is 1. The van der Waals surface area contributed by atoms with Crippen LogP contribution < -0.4 is 18.9 Å². The fraction of sp³-hybridized carbons (Fsp3) is 0.304. The van der Waals surface area contributed by atoms with Gasteiger partial charge in [-0.2, -0.15) is 0 Å². The van der Waals surface area contributed by atoms with E-state index in [1.54, 1.807) is 41.0 Å². The molecule has 0 unspecified atom stereocenters. The average molecular weight is 531 g/mol. The number of methoxy groups -OCH3 is 2. The van der Waals surface area contributed by atoms with Crippen LogP contribution in [0.5, 0.6) is 17.4 Å². The first-order valence-electron chi connectivity index (χ1n) is 11.2. The number of anilines is 1. The van der Waals surface area contributed by atoms with Crippen molar-refractivity contribution in [3.05, 3.63) is 41.6 Å². The van der Waals surface area contributed by atoms with Gasteiger partial charge in [-0.3, -0.25) is 9.29 Å². The Morgan fingerprint density at radius 3 is 2.36 bits per heavy atom. The summed E-state index contributed by atoms with van der Waals surface area (Å²) in [5, 5.41) is -0.586. The Morgan fingerprint density at radius 1 is 1.03 bits per heavy atom. The van der Waals surface area contributed by atoms with Crippen LogP contribution in [0.15, 0.2) is 36.4 Å². The van der Waals surface area contributed by atoms with E-state index < -0.39 is 15.3 Å². The van der Waals surface area contributed by atoms with Crippen molar-refractivity contribution in [3.8, 4) is 34.6 Å². The number of rotatable bonds is 9. The normalized spacial score (nSPS) is 13.6. The van der Waals surface area contributed by atoms with Crippen LogP contribution >= 0.6 is 11.6 Å². The maximum absolute atomic E-state index is 12.6. The Bertz CT molecular complexity index is 1530. The highest BCUT2D eigenvalue weighted by Crippen LogP contribution is 2.39. The number of aromatic nitrogens is 5. The lowest BCUT2D eigenvalue weighted by atomic mass is 10.2. The first-order valence-corrected chi connectivity index (χ1v) is 13.1. The van der Waals surface area contributed by atoms with Gasteiger partial charge in [0.25, 0.3) is 0 Å². The van der Waals surface area contributed by atoms with Crippen LogP contribution in [0.2, 0.25) is 5.15 Å². The molecule has 0 amide bonds. The fourth-order valence-electron chi connectivity index (χ4n) is 3.74. The van der Waals surface area contributed by atoms with Gasteiger partial charge >= 0.3 is 0 Å². The van der Waals surface area contributed by atoms with Gasteiger partial charge in [0.05, 0.1) is 26.1 Å². The number of nitrogens with one attached hydrogen (secondary N) is 1. The van der Waals surface area contributed by atoms with E-state index in [1.165, 1.54) is 14.2 Å². The van der Waals surface area contributed by atoms with E-state index in [2.05, 4.69) is 24.7 Å². The van der Waals surface area contributed by atoms with E-state index in [9.17, 15) is 8.42 Å². The van der Waals surface area contributed by atoms with Gasteiger partial charge in [-0.15, -0.1) is 0 Å². The Balaban J connectivity index is 1.80. The second-order valence-electron chi connectivity index (χ2n) is 7.93. The summed E-state index contributed by atoms with van der Waals surface area (Å²) in [5.74, 6) is 1.61. The molecule has 0 atom stereocenters. The maximum atomic E-state index is 12.6. The first kappa shape index (κ1) is 24.1. The zero-order valence-corrected chi connectivity index (χ0v) is 21.3. The number of halogens is 1. The van der Waals surface area contributed by atoms with Gasteiger partial charge in [0, 0.05) is 6.07 Å². The molecule has 1 aromatic carbocycles. The molecule has 1 saturated carbocycles. The highest BCUT2D eigenvalue weighted by atomic mass is 35.5. The maximum Gasteiger partial charge on any atom is 0.236 e. The Hall–Kier alpha value is -3.64. The molecule has 36 heavy (non-hydrogen) atoms.